The van der Waals surface area contributed by atoms with E-state index < -0.39 is 5.97 Å². The predicted molar refractivity (Wildman–Crippen MR) is 88.2 cm³/mol. The molecule has 0 atom stereocenters. The topological polar surface area (TPSA) is 64.2 Å². The quantitative estimate of drug-likeness (QED) is 0.564. The number of rotatable bonds is 4. The van der Waals surface area contributed by atoms with Crippen molar-refractivity contribution in [1.82, 2.24) is 9.97 Å². The van der Waals surface area contributed by atoms with E-state index in [-0.39, 0.29) is 11.8 Å². The lowest BCUT2D eigenvalue weighted by atomic mass is 10.2. The number of esters is 1. The number of nitrogens with one attached hydrogen (secondary N) is 1. The van der Waals surface area contributed by atoms with Crippen molar-refractivity contribution in [3.05, 3.63) is 58.0 Å². The minimum atomic E-state index is -0.502. The minimum absolute atomic E-state index is 0.0586. The van der Waals surface area contributed by atoms with E-state index in [1.807, 2.05) is 18.2 Å². The fourth-order valence-electron chi connectivity index (χ4n) is 2.11. The molecule has 0 unspecified atom stereocenters. The largest absolute Gasteiger partial charge is 0.497 e. The highest BCUT2D eigenvalue weighted by Gasteiger charge is 2.13. The van der Waals surface area contributed by atoms with Gasteiger partial charge in [0.05, 0.1) is 17.8 Å². The molecule has 0 fully saturated rings. The summed E-state index contributed by atoms with van der Waals surface area (Å²) in [7, 11) is 1.58. The summed E-state index contributed by atoms with van der Waals surface area (Å²) in [6.45, 7) is -0.0586. The van der Waals surface area contributed by atoms with Crippen LogP contribution >= 0.6 is 23.2 Å². The van der Waals surface area contributed by atoms with Gasteiger partial charge in [-0.25, -0.2) is 9.78 Å². The number of pyridine rings is 1. The number of aromatic nitrogens is 2. The average Bonchev–Trinajstić information content (AvgIpc) is 2.98. The minimum Gasteiger partial charge on any atom is -0.497 e. The number of nitrogens with zero attached hydrogens (tertiary/aromatic N) is 1. The van der Waals surface area contributed by atoms with E-state index in [9.17, 15) is 4.79 Å². The molecule has 0 aliphatic carbocycles. The first-order valence-electron chi connectivity index (χ1n) is 6.71. The lowest BCUT2D eigenvalue weighted by Crippen LogP contribution is -2.07. The highest BCUT2D eigenvalue weighted by Crippen LogP contribution is 2.22. The summed E-state index contributed by atoms with van der Waals surface area (Å²) in [6.07, 6.45) is 0. The molecule has 3 rings (SSSR count). The summed E-state index contributed by atoms with van der Waals surface area (Å²) in [5.41, 5.74) is 1.53. The van der Waals surface area contributed by atoms with E-state index in [0.717, 1.165) is 10.9 Å². The Morgan fingerprint density at radius 1 is 1.22 bits per heavy atom. The summed E-state index contributed by atoms with van der Waals surface area (Å²) in [5, 5.41) is 1.57. The van der Waals surface area contributed by atoms with Gasteiger partial charge in [0, 0.05) is 17.0 Å². The molecule has 0 aliphatic heterocycles. The van der Waals surface area contributed by atoms with Gasteiger partial charge in [0.1, 0.15) is 23.2 Å². The summed E-state index contributed by atoms with van der Waals surface area (Å²) in [5.74, 6) is 0.201. The standard InChI is InChI=1S/C16H12Cl2N2O3/c1-22-10-3-2-9-6-13(19-12(9)7-10)16(21)23-8-14-11(17)4-5-15(18)20-14/h2-7,19H,8H2,1H3. The van der Waals surface area contributed by atoms with Gasteiger partial charge in [0.2, 0.25) is 0 Å². The molecule has 0 amide bonds. The van der Waals surface area contributed by atoms with Crippen LogP contribution in [0.3, 0.4) is 0 Å². The normalized spacial score (nSPS) is 10.7. The number of H-pyrrole nitrogens is 1. The first-order chi connectivity index (χ1) is 11.1. The Kier molecular flexibility index (Phi) is 4.41. The highest BCUT2D eigenvalue weighted by atomic mass is 35.5. The number of benzene rings is 1. The molecule has 0 bridgehead atoms. The molecule has 118 valence electrons. The number of aromatic amines is 1. The van der Waals surface area contributed by atoms with Gasteiger partial charge in [-0.2, -0.15) is 0 Å². The summed E-state index contributed by atoms with van der Waals surface area (Å²) < 4.78 is 10.4. The van der Waals surface area contributed by atoms with Crippen molar-refractivity contribution in [2.45, 2.75) is 6.61 Å². The third-order valence-electron chi connectivity index (χ3n) is 3.27. The zero-order chi connectivity index (χ0) is 16.4. The molecule has 0 radical (unpaired) electrons. The molecule has 1 N–H and O–H groups in total. The second kappa shape index (κ2) is 6.48. The SMILES string of the molecule is COc1ccc2cc(C(=O)OCc3nc(Cl)ccc3Cl)[nH]c2c1. The van der Waals surface area contributed by atoms with Crippen LogP contribution in [0.25, 0.3) is 10.9 Å². The van der Waals surface area contributed by atoms with Crippen LogP contribution in [0.2, 0.25) is 10.2 Å². The Morgan fingerprint density at radius 2 is 2.04 bits per heavy atom. The summed E-state index contributed by atoms with van der Waals surface area (Å²) in [4.78, 5) is 19.2. The number of hydrogen-bond donors (Lipinski definition) is 1. The van der Waals surface area contributed by atoms with Crippen LogP contribution in [0, 0.1) is 0 Å². The van der Waals surface area contributed by atoms with Crippen molar-refractivity contribution in [1.29, 1.82) is 0 Å². The van der Waals surface area contributed by atoms with Gasteiger partial charge in [-0.05, 0) is 30.3 Å². The number of methoxy groups -OCH3 is 1. The lowest BCUT2D eigenvalue weighted by Gasteiger charge is -2.05. The van der Waals surface area contributed by atoms with E-state index in [1.54, 1.807) is 25.3 Å². The first kappa shape index (κ1) is 15.6. The molecular formula is C16H12Cl2N2O3. The van der Waals surface area contributed by atoms with Gasteiger partial charge in [-0.1, -0.05) is 23.2 Å². The van der Waals surface area contributed by atoms with Crippen molar-refractivity contribution in [3.8, 4) is 5.75 Å². The maximum Gasteiger partial charge on any atom is 0.355 e. The second-order valence-electron chi connectivity index (χ2n) is 4.77. The Morgan fingerprint density at radius 3 is 2.83 bits per heavy atom. The molecule has 3 aromatic rings. The predicted octanol–water partition coefficient (Wildman–Crippen LogP) is 4.24. The third-order valence-corrected chi connectivity index (χ3v) is 3.83. The van der Waals surface area contributed by atoms with Crippen LogP contribution in [0.15, 0.2) is 36.4 Å². The number of ether oxygens (including phenoxy) is 2. The van der Waals surface area contributed by atoms with Gasteiger partial charge < -0.3 is 14.5 Å². The highest BCUT2D eigenvalue weighted by molar-refractivity contribution is 6.32. The van der Waals surface area contributed by atoms with Crippen molar-refractivity contribution in [3.63, 3.8) is 0 Å². The first-order valence-corrected chi connectivity index (χ1v) is 7.47. The zero-order valence-electron chi connectivity index (χ0n) is 12.1. The van der Waals surface area contributed by atoms with E-state index in [2.05, 4.69) is 9.97 Å². The molecule has 1 aromatic carbocycles. The van der Waals surface area contributed by atoms with Crippen LogP contribution in [-0.2, 0) is 11.3 Å². The maximum atomic E-state index is 12.1. The summed E-state index contributed by atoms with van der Waals surface area (Å²) in [6, 6.07) is 10.4. The smallest absolute Gasteiger partial charge is 0.355 e. The fraction of sp³-hybridized carbons (Fsp3) is 0.125. The molecule has 2 heterocycles. The van der Waals surface area contributed by atoms with Crippen molar-refractivity contribution < 1.29 is 14.3 Å². The van der Waals surface area contributed by atoms with Gasteiger partial charge in [-0.3, -0.25) is 0 Å². The van der Waals surface area contributed by atoms with Crippen molar-refractivity contribution in [2.24, 2.45) is 0 Å². The lowest BCUT2D eigenvalue weighted by molar-refractivity contribution is 0.0462. The van der Waals surface area contributed by atoms with E-state index in [0.29, 0.717) is 22.2 Å². The van der Waals surface area contributed by atoms with Crippen LogP contribution in [0.4, 0.5) is 0 Å². The van der Waals surface area contributed by atoms with E-state index in [1.165, 1.54) is 0 Å². The van der Waals surface area contributed by atoms with Crippen LogP contribution in [0.1, 0.15) is 16.2 Å². The van der Waals surface area contributed by atoms with E-state index in [4.69, 9.17) is 32.7 Å². The van der Waals surface area contributed by atoms with Crippen molar-refractivity contribution in [2.75, 3.05) is 7.11 Å². The number of carbonyl (C=O) groups excluding carboxylic acids is 1. The number of carbonyl (C=O) groups is 1. The van der Waals surface area contributed by atoms with Gasteiger partial charge in [-0.15, -0.1) is 0 Å². The number of fused-ring (bicyclic) bond motifs is 1. The van der Waals surface area contributed by atoms with Crippen LogP contribution in [0.5, 0.6) is 5.75 Å². The van der Waals surface area contributed by atoms with E-state index >= 15 is 0 Å². The maximum absolute atomic E-state index is 12.1. The van der Waals surface area contributed by atoms with Crippen molar-refractivity contribution >= 4 is 40.1 Å². The second-order valence-corrected chi connectivity index (χ2v) is 5.57. The van der Waals surface area contributed by atoms with Gasteiger partial charge in [0.25, 0.3) is 0 Å². The van der Waals surface area contributed by atoms with Crippen LogP contribution < -0.4 is 4.74 Å². The number of hydrogen-bond acceptors (Lipinski definition) is 4. The van der Waals surface area contributed by atoms with Gasteiger partial charge in [0.15, 0.2) is 0 Å². The molecule has 7 heteroatoms. The van der Waals surface area contributed by atoms with Gasteiger partial charge >= 0.3 is 5.97 Å². The molecule has 23 heavy (non-hydrogen) atoms. The molecule has 0 saturated carbocycles. The number of halogens is 2. The summed E-state index contributed by atoms with van der Waals surface area (Å²) >= 11 is 11.8. The Hall–Kier alpha value is -2.24. The molecule has 5 nitrogen and oxygen atoms in total. The van der Waals surface area contributed by atoms with Crippen LogP contribution in [-0.4, -0.2) is 23.0 Å². The Labute approximate surface area is 142 Å². The fourth-order valence-corrected chi connectivity index (χ4v) is 2.44. The molecule has 0 saturated heterocycles. The Bertz CT molecular complexity index is 877. The molecule has 0 aliphatic rings. The molecular weight excluding hydrogens is 339 g/mol. The molecule has 2 aromatic heterocycles. The average molecular weight is 351 g/mol. The monoisotopic (exact) mass is 350 g/mol. The Balaban J connectivity index is 1.76. The zero-order valence-corrected chi connectivity index (χ0v) is 13.6. The third kappa shape index (κ3) is 3.41. The molecule has 0 spiro atoms.